The minimum atomic E-state index is -4.76. The van der Waals surface area contributed by atoms with Crippen molar-refractivity contribution in [2.24, 2.45) is 10.4 Å². The Hall–Kier alpha value is -4.65. The van der Waals surface area contributed by atoms with Gasteiger partial charge in [-0.05, 0) is 71.7 Å². The van der Waals surface area contributed by atoms with Gasteiger partial charge in [0.05, 0.1) is 17.1 Å². The lowest BCUT2D eigenvalue weighted by Gasteiger charge is -2.25. The van der Waals surface area contributed by atoms with Crippen molar-refractivity contribution in [3.63, 3.8) is 0 Å². The molecule has 3 amide bonds. The summed E-state index contributed by atoms with van der Waals surface area (Å²) in [6.07, 6.45) is -2.61. The monoisotopic (exact) mass is 664 g/mol. The highest BCUT2D eigenvalue weighted by atomic mass is 32.2. The molecule has 0 radical (unpaired) electrons. The molecule has 0 saturated carbocycles. The van der Waals surface area contributed by atoms with E-state index in [9.17, 15) is 22.8 Å². The summed E-state index contributed by atoms with van der Waals surface area (Å²) in [6.45, 7) is 10.6. The van der Waals surface area contributed by atoms with Gasteiger partial charge in [0.2, 0.25) is 5.91 Å². The van der Waals surface area contributed by atoms with E-state index in [4.69, 9.17) is 0 Å². The van der Waals surface area contributed by atoms with Gasteiger partial charge in [0, 0.05) is 12.1 Å². The molecule has 1 saturated heterocycles. The fourth-order valence-corrected chi connectivity index (χ4v) is 6.30. The first kappa shape index (κ1) is 33.7. The van der Waals surface area contributed by atoms with Gasteiger partial charge in [-0.15, -0.1) is 18.3 Å². The van der Waals surface area contributed by atoms with Gasteiger partial charge in [-0.2, -0.15) is 4.99 Å². The number of carbonyl (C=O) groups is 2. The van der Waals surface area contributed by atoms with Crippen LogP contribution in [0.3, 0.4) is 0 Å². The average molecular weight is 665 g/mol. The zero-order valence-corrected chi connectivity index (χ0v) is 27.4. The van der Waals surface area contributed by atoms with Crippen LogP contribution in [-0.2, 0) is 11.2 Å². The SMILES string of the molecule is Cc1cccc(N2C(=O)CSC2=NC(=O)NCC(C)(C)Cc2ccc(-c3ncn(-c4ccc(OC(F)(F)F)cc4)n3)cc2)c1C(C)C. The molecule has 4 aromatic rings. The number of nitrogens with zero attached hydrogens (tertiary/aromatic N) is 5. The minimum Gasteiger partial charge on any atom is -0.406 e. The second kappa shape index (κ2) is 13.6. The molecular weight excluding hydrogens is 629 g/mol. The van der Waals surface area contributed by atoms with E-state index in [0.29, 0.717) is 29.6 Å². The van der Waals surface area contributed by atoms with E-state index in [1.54, 1.807) is 4.90 Å². The van der Waals surface area contributed by atoms with Crippen molar-refractivity contribution in [1.29, 1.82) is 0 Å². The van der Waals surface area contributed by atoms with Gasteiger partial charge in [0.1, 0.15) is 12.1 Å². The number of thioether (sulfide) groups is 1. The summed E-state index contributed by atoms with van der Waals surface area (Å²) in [6, 6.07) is 18.4. The van der Waals surface area contributed by atoms with Crippen molar-refractivity contribution < 1.29 is 27.5 Å². The number of aliphatic imine (C=N–C) groups is 1. The topological polar surface area (TPSA) is 102 Å². The molecule has 0 bridgehead atoms. The first-order chi connectivity index (χ1) is 22.2. The molecular formula is C34H35F3N6O3S. The third-order valence-corrected chi connectivity index (χ3v) is 8.45. The lowest BCUT2D eigenvalue weighted by atomic mass is 9.85. The fraction of sp³-hybridized carbons (Fsp3) is 0.324. The lowest BCUT2D eigenvalue weighted by molar-refractivity contribution is -0.274. The first-order valence-corrected chi connectivity index (χ1v) is 16.0. The molecule has 0 atom stereocenters. The number of amidine groups is 1. The van der Waals surface area contributed by atoms with Crippen LogP contribution in [0.2, 0.25) is 0 Å². The molecule has 246 valence electrons. The standard InChI is InChI=1S/C34H35F3N6O3S/c1-21(2)29-22(3)7-6-8-27(29)43-28(44)18-47-32(43)40-31(45)38-19-33(4,5)17-23-9-11-24(12-10-23)30-39-20-42(41-30)25-13-15-26(16-14-25)46-34(35,36)37/h6-16,20-21H,17-19H2,1-5H3,(H,38,45). The summed E-state index contributed by atoms with van der Waals surface area (Å²) in [5, 5.41) is 7.74. The Kier molecular flexibility index (Phi) is 9.76. The minimum absolute atomic E-state index is 0.103. The molecule has 13 heteroatoms. The van der Waals surface area contributed by atoms with Crippen molar-refractivity contribution in [2.45, 2.75) is 53.3 Å². The fourth-order valence-electron chi connectivity index (χ4n) is 5.44. The van der Waals surface area contributed by atoms with Crippen molar-refractivity contribution >= 4 is 34.6 Å². The summed E-state index contributed by atoms with van der Waals surface area (Å²) >= 11 is 1.26. The van der Waals surface area contributed by atoms with Gasteiger partial charge in [-0.1, -0.05) is 75.9 Å². The first-order valence-electron chi connectivity index (χ1n) is 15.0. The number of rotatable bonds is 9. The molecule has 1 aromatic heterocycles. The highest BCUT2D eigenvalue weighted by Crippen LogP contribution is 2.35. The van der Waals surface area contributed by atoms with Gasteiger partial charge in [0.15, 0.2) is 11.0 Å². The molecule has 1 N–H and O–H groups in total. The molecule has 1 fully saturated rings. The number of anilines is 1. The molecule has 1 aliphatic heterocycles. The van der Waals surface area contributed by atoms with Crippen molar-refractivity contribution in [2.75, 3.05) is 17.2 Å². The summed E-state index contributed by atoms with van der Waals surface area (Å²) in [4.78, 5) is 36.0. The Bertz CT molecular complexity index is 1780. The zero-order chi connectivity index (χ0) is 33.9. The highest BCUT2D eigenvalue weighted by Gasteiger charge is 2.33. The maximum atomic E-state index is 12.9. The van der Waals surface area contributed by atoms with Gasteiger partial charge in [-0.3, -0.25) is 9.69 Å². The third-order valence-electron chi connectivity index (χ3n) is 7.52. The van der Waals surface area contributed by atoms with Crippen molar-refractivity contribution in [3.05, 3.63) is 89.7 Å². The number of aryl methyl sites for hydroxylation is 1. The summed E-state index contributed by atoms with van der Waals surface area (Å²) in [5.41, 5.74) is 4.95. The van der Waals surface area contributed by atoms with Gasteiger partial charge < -0.3 is 10.1 Å². The summed E-state index contributed by atoms with van der Waals surface area (Å²) in [7, 11) is 0. The van der Waals surface area contributed by atoms with Crippen LogP contribution < -0.4 is 15.0 Å². The van der Waals surface area contributed by atoms with E-state index < -0.39 is 12.4 Å². The van der Waals surface area contributed by atoms with E-state index in [1.807, 2.05) is 63.2 Å². The Labute approximate surface area is 275 Å². The van der Waals surface area contributed by atoms with E-state index >= 15 is 0 Å². The van der Waals surface area contributed by atoms with E-state index in [2.05, 4.69) is 39.0 Å². The number of amides is 3. The number of aromatic nitrogens is 3. The van der Waals surface area contributed by atoms with Gasteiger partial charge >= 0.3 is 12.4 Å². The number of alkyl halides is 3. The number of halogens is 3. The van der Waals surface area contributed by atoms with E-state index in [1.165, 1.54) is 47.0 Å². The van der Waals surface area contributed by atoms with Crippen LogP contribution >= 0.6 is 11.8 Å². The normalized spacial score (nSPS) is 14.7. The van der Waals surface area contributed by atoms with Crippen LogP contribution in [0.4, 0.5) is 23.7 Å². The van der Waals surface area contributed by atoms with Crippen molar-refractivity contribution in [3.8, 4) is 22.8 Å². The summed E-state index contributed by atoms with van der Waals surface area (Å²) < 4.78 is 42.7. The lowest BCUT2D eigenvalue weighted by Crippen LogP contribution is -2.36. The molecule has 9 nitrogen and oxygen atoms in total. The molecule has 47 heavy (non-hydrogen) atoms. The Morgan fingerprint density at radius 2 is 1.77 bits per heavy atom. The quantitative estimate of drug-likeness (QED) is 0.197. The van der Waals surface area contributed by atoms with Crippen LogP contribution in [0.25, 0.3) is 17.1 Å². The maximum absolute atomic E-state index is 12.9. The predicted molar refractivity (Wildman–Crippen MR) is 177 cm³/mol. The Morgan fingerprint density at radius 3 is 2.43 bits per heavy atom. The van der Waals surface area contributed by atoms with E-state index in [-0.39, 0.29) is 28.7 Å². The number of carbonyl (C=O) groups excluding carboxylic acids is 2. The number of nitrogens with one attached hydrogen (secondary N) is 1. The highest BCUT2D eigenvalue weighted by molar-refractivity contribution is 8.15. The van der Waals surface area contributed by atoms with E-state index in [0.717, 1.165) is 27.9 Å². The smallest absolute Gasteiger partial charge is 0.406 e. The molecule has 3 aromatic carbocycles. The Balaban J connectivity index is 1.19. The van der Waals surface area contributed by atoms with Crippen LogP contribution in [-0.4, -0.2) is 50.5 Å². The number of urea groups is 1. The zero-order valence-electron chi connectivity index (χ0n) is 26.6. The molecule has 1 aliphatic rings. The Morgan fingerprint density at radius 1 is 1.06 bits per heavy atom. The second-order valence-electron chi connectivity index (χ2n) is 12.3. The number of hydrogen-bond acceptors (Lipinski definition) is 6. The van der Waals surface area contributed by atoms with Crippen LogP contribution in [0, 0.1) is 12.3 Å². The molecule has 0 spiro atoms. The second-order valence-corrected chi connectivity index (χ2v) is 13.3. The average Bonchev–Trinajstić information content (AvgIpc) is 3.63. The predicted octanol–water partition coefficient (Wildman–Crippen LogP) is 7.68. The van der Waals surface area contributed by atoms with Crippen molar-refractivity contribution in [1.82, 2.24) is 20.1 Å². The number of ether oxygens (including phenoxy) is 1. The third kappa shape index (κ3) is 8.39. The molecule has 0 unspecified atom stereocenters. The molecule has 0 aliphatic carbocycles. The number of benzene rings is 3. The summed E-state index contributed by atoms with van der Waals surface area (Å²) in [5.74, 6) is 0.458. The largest absolute Gasteiger partial charge is 0.573 e. The van der Waals surface area contributed by atoms with Crippen LogP contribution in [0.1, 0.15) is 50.3 Å². The number of hydrogen-bond donors (Lipinski definition) is 1. The van der Waals surface area contributed by atoms with Crippen LogP contribution in [0.5, 0.6) is 5.75 Å². The van der Waals surface area contributed by atoms with Crippen LogP contribution in [0.15, 0.2) is 78.0 Å². The maximum Gasteiger partial charge on any atom is 0.573 e. The van der Waals surface area contributed by atoms with Gasteiger partial charge in [-0.25, -0.2) is 14.5 Å². The molecule has 2 heterocycles. The molecule has 5 rings (SSSR count). The van der Waals surface area contributed by atoms with Gasteiger partial charge in [0.25, 0.3) is 0 Å².